The highest BCUT2D eigenvalue weighted by atomic mass is 16.4. The van der Waals surface area contributed by atoms with Gasteiger partial charge in [0.2, 0.25) is 0 Å². The third-order valence-corrected chi connectivity index (χ3v) is 3.62. The molecule has 1 aliphatic heterocycles. The minimum absolute atomic E-state index is 0.113. The standard InChI is InChI=1S/C16H17NO4/c1-9-13(15(18)19)12(8-11-6-4-3-5-7-11)14(16(20)21)10(2)17-9/h3-7,12,17H,8H2,1-2H3,(H,18,19)(H,20,21). The predicted octanol–water partition coefficient (Wildman–Crippen LogP) is 2.17. The van der Waals surface area contributed by atoms with Crippen LogP contribution in [0.1, 0.15) is 19.4 Å². The Morgan fingerprint density at radius 2 is 1.48 bits per heavy atom. The van der Waals surface area contributed by atoms with E-state index in [2.05, 4.69) is 5.32 Å². The Hall–Kier alpha value is -2.56. The molecule has 0 atom stereocenters. The molecule has 0 saturated heterocycles. The second kappa shape index (κ2) is 5.83. The summed E-state index contributed by atoms with van der Waals surface area (Å²) in [6.07, 6.45) is 0.348. The third kappa shape index (κ3) is 2.97. The van der Waals surface area contributed by atoms with E-state index in [0.717, 1.165) is 5.56 Å². The molecule has 0 saturated carbocycles. The van der Waals surface area contributed by atoms with Crippen molar-refractivity contribution >= 4 is 11.9 Å². The van der Waals surface area contributed by atoms with E-state index in [1.807, 2.05) is 30.3 Å². The quantitative estimate of drug-likeness (QED) is 0.790. The molecule has 1 aromatic carbocycles. The van der Waals surface area contributed by atoms with Gasteiger partial charge in [-0.15, -0.1) is 0 Å². The summed E-state index contributed by atoms with van der Waals surface area (Å²) in [4.78, 5) is 23.1. The Morgan fingerprint density at radius 1 is 1.00 bits per heavy atom. The lowest BCUT2D eigenvalue weighted by Gasteiger charge is -2.28. The van der Waals surface area contributed by atoms with E-state index in [1.165, 1.54) is 0 Å². The lowest BCUT2D eigenvalue weighted by atomic mass is 9.81. The highest BCUT2D eigenvalue weighted by molar-refractivity contribution is 5.96. The maximum atomic E-state index is 11.5. The molecule has 0 spiro atoms. The molecule has 0 fully saturated rings. The van der Waals surface area contributed by atoms with E-state index in [0.29, 0.717) is 17.8 Å². The molecule has 0 unspecified atom stereocenters. The maximum absolute atomic E-state index is 11.5. The first kappa shape index (κ1) is 14.8. The Kier molecular flexibility index (Phi) is 4.12. The number of carboxylic acids is 2. The maximum Gasteiger partial charge on any atom is 0.333 e. The molecule has 0 bridgehead atoms. The number of allylic oxidation sites excluding steroid dienone is 2. The van der Waals surface area contributed by atoms with Gasteiger partial charge in [0.15, 0.2) is 0 Å². The minimum atomic E-state index is -1.09. The van der Waals surface area contributed by atoms with Gasteiger partial charge in [0.1, 0.15) is 0 Å². The molecular formula is C16H17NO4. The number of carbonyl (C=O) groups is 2. The van der Waals surface area contributed by atoms with Crippen molar-refractivity contribution in [1.29, 1.82) is 0 Å². The van der Waals surface area contributed by atoms with Gasteiger partial charge in [0.25, 0.3) is 0 Å². The predicted molar refractivity (Wildman–Crippen MR) is 77.4 cm³/mol. The monoisotopic (exact) mass is 287 g/mol. The van der Waals surface area contributed by atoms with Crippen LogP contribution in [0.25, 0.3) is 0 Å². The number of hydrogen-bond donors (Lipinski definition) is 3. The first-order valence-electron chi connectivity index (χ1n) is 6.61. The molecule has 5 heteroatoms. The summed E-state index contributed by atoms with van der Waals surface area (Å²) >= 11 is 0. The molecule has 1 aromatic rings. The number of hydrogen-bond acceptors (Lipinski definition) is 3. The molecule has 1 aliphatic rings. The highest BCUT2D eigenvalue weighted by Gasteiger charge is 2.35. The average Bonchev–Trinajstić information content (AvgIpc) is 2.38. The van der Waals surface area contributed by atoms with Gasteiger partial charge in [-0.25, -0.2) is 9.59 Å². The summed E-state index contributed by atoms with van der Waals surface area (Å²) in [5, 5.41) is 21.7. The first-order chi connectivity index (χ1) is 9.91. The van der Waals surface area contributed by atoms with Crippen LogP contribution < -0.4 is 5.32 Å². The van der Waals surface area contributed by atoms with E-state index < -0.39 is 17.9 Å². The number of rotatable bonds is 4. The second-order valence-electron chi connectivity index (χ2n) is 5.05. The molecular weight excluding hydrogens is 270 g/mol. The van der Waals surface area contributed by atoms with Crippen LogP contribution in [0.4, 0.5) is 0 Å². The van der Waals surface area contributed by atoms with Crippen LogP contribution in [0.3, 0.4) is 0 Å². The van der Waals surface area contributed by atoms with E-state index in [-0.39, 0.29) is 11.1 Å². The largest absolute Gasteiger partial charge is 0.478 e. The molecule has 0 amide bonds. The van der Waals surface area contributed by atoms with E-state index >= 15 is 0 Å². The number of carboxylic acid groups (broad SMARTS) is 2. The summed E-state index contributed by atoms with van der Waals surface area (Å²) in [7, 11) is 0. The van der Waals surface area contributed by atoms with Crippen LogP contribution >= 0.6 is 0 Å². The van der Waals surface area contributed by atoms with Gasteiger partial charge in [-0.05, 0) is 25.8 Å². The van der Waals surface area contributed by atoms with Crippen LogP contribution in [0.5, 0.6) is 0 Å². The average molecular weight is 287 g/mol. The van der Waals surface area contributed by atoms with Crippen molar-refractivity contribution in [3.63, 3.8) is 0 Å². The molecule has 110 valence electrons. The van der Waals surface area contributed by atoms with Crippen molar-refractivity contribution in [2.75, 3.05) is 0 Å². The normalized spacial score (nSPS) is 15.9. The highest BCUT2D eigenvalue weighted by Crippen LogP contribution is 2.32. The Labute approximate surface area is 122 Å². The van der Waals surface area contributed by atoms with Crippen LogP contribution in [0.2, 0.25) is 0 Å². The van der Waals surface area contributed by atoms with Gasteiger partial charge in [0.05, 0.1) is 11.1 Å². The Morgan fingerprint density at radius 3 is 1.90 bits per heavy atom. The van der Waals surface area contributed by atoms with Gasteiger partial charge in [0, 0.05) is 17.3 Å². The fourth-order valence-corrected chi connectivity index (χ4v) is 2.76. The zero-order chi connectivity index (χ0) is 15.6. The summed E-state index contributed by atoms with van der Waals surface area (Å²) in [6, 6.07) is 9.30. The van der Waals surface area contributed by atoms with Crippen LogP contribution in [0.15, 0.2) is 52.9 Å². The van der Waals surface area contributed by atoms with Gasteiger partial charge in [-0.1, -0.05) is 30.3 Å². The van der Waals surface area contributed by atoms with Gasteiger partial charge < -0.3 is 15.5 Å². The fraction of sp³-hybridized carbons (Fsp3) is 0.250. The van der Waals surface area contributed by atoms with E-state index in [9.17, 15) is 19.8 Å². The van der Waals surface area contributed by atoms with Crippen LogP contribution in [0, 0.1) is 5.92 Å². The number of benzene rings is 1. The Balaban J connectivity index is 2.49. The topological polar surface area (TPSA) is 86.6 Å². The summed E-state index contributed by atoms with van der Waals surface area (Å²) < 4.78 is 0. The van der Waals surface area contributed by atoms with Crippen molar-refractivity contribution in [1.82, 2.24) is 5.32 Å². The number of aliphatic carboxylic acids is 2. The summed E-state index contributed by atoms with van der Waals surface area (Å²) in [5.41, 5.74) is 2.11. The Bertz CT molecular complexity index is 608. The van der Waals surface area contributed by atoms with Crippen molar-refractivity contribution in [3.8, 4) is 0 Å². The molecule has 3 N–H and O–H groups in total. The van der Waals surface area contributed by atoms with Gasteiger partial charge >= 0.3 is 11.9 Å². The van der Waals surface area contributed by atoms with Crippen molar-refractivity contribution in [2.45, 2.75) is 20.3 Å². The van der Waals surface area contributed by atoms with E-state index in [4.69, 9.17) is 0 Å². The van der Waals surface area contributed by atoms with Gasteiger partial charge in [-0.3, -0.25) is 0 Å². The molecule has 0 aromatic heterocycles. The van der Waals surface area contributed by atoms with E-state index in [1.54, 1.807) is 13.8 Å². The summed E-state index contributed by atoms with van der Waals surface area (Å²) in [6.45, 7) is 3.31. The molecule has 5 nitrogen and oxygen atoms in total. The van der Waals surface area contributed by atoms with Crippen molar-refractivity contribution in [2.24, 2.45) is 5.92 Å². The van der Waals surface area contributed by atoms with Gasteiger partial charge in [-0.2, -0.15) is 0 Å². The summed E-state index contributed by atoms with van der Waals surface area (Å²) in [5.74, 6) is -2.84. The molecule has 0 radical (unpaired) electrons. The minimum Gasteiger partial charge on any atom is -0.478 e. The number of nitrogens with one attached hydrogen (secondary N) is 1. The number of dihydropyridines is 1. The molecule has 0 aliphatic carbocycles. The van der Waals surface area contributed by atoms with Crippen LogP contribution in [-0.2, 0) is 16.0 Å². The second-order valence-corrected chi connectivity index (χ2v) is 5.05. The SMILES string of the molecule is CC1=C(C(=O)O)C(Cc2ccccc2)C(C(=O)O)=C(C)N1. The lowest BCUT2D eigenvalue weighted by molar-refractivity contribution is -0.134. The smallest absolute Gasteiger partial charge is 0.333 e. The first-order valence-corrected chi connectivity index (χ1v) is 6.61. The fourth-order valence-electron chi connectivity index (χ4n) is 2.76. The molecule has 21 heavy (non-hydrogen) atoms. The van der Waals surface area contributed by atoms with Crippen LogP contribution in [-0.4, -0.2) is 22.2 Å². The third-order valence-electron chi connectivity index (χ3n) is 3.62. The lowest BCUT2D eigenvalue weighted by Crippen LogP contribution is -2.33. The molecule has 2 rings (SSSR count). The zero-order valence-corrected chi connectivity index (χ0v) is 11.9. The van der Waals surface area contributed by atoms with Crippen molar-refractivity contribution in [3.05, 3.63) is 58.4 Å². The van der Waals surface area contributed by atoms with Crippen molar-refractivity contribution < 1.29 is 19.8 Å². The molecule has 1 heterocycles. The zero-order valence-electron chi connectivity index (χ0n) is 11.9.